The predicted octanol–water partition coefficient (Wildman–Crippen LogP) is 4.14. The molecule has 0 aliphatic heterocycles. The van der Waals surface area contributed by atoms with Crippen molar-refractivity contribution in [3.63, 3.8) is 0 Å². The highest BCUT2D eigenvalue weighted by atomic mass is 32.2. The smallest absolute Gasteiger partial charge is 0.118 e. The van der Waals surface area contributed by atoms with Crippen LogP contribution in [0, 0.1) is 0 Å². The molecular formula is C18H21NO2S. The zero-order chi connectivity index (χ0) is 16.0. The molecule has 0 radical (unpaired) electrons. The van der Waals surface area contributed by atoms with Crippen LogP contribution in [-0.4, -0.2) is 17.6 Å². The van der Waals surface area contributed by atoms with Gasteiger partial charge in [0.2, 0.25) is 0 Å². The van der Waals surface area contributed by atoms with Gasteiger partial charge < -0.3 is 4.74 Å². The van der Waals surface area contributed by atoms with E-state index in [9.17, 15) is 4.21 Å². The number of ether oxygens (including phenoxy) is 1. The minimum Gasteiger partial charge on any atom is -0.497 e. The summed E-state index contributed by atoms with van der Waals surface area (Å²) in [6.07, 6.45) is 3.49. The molecule has 0 bridgehead atoms. The molecule has 0 aliphatic carbocycles. The van der Waals surface area contributed by atoms with Gasteiger partial charge in [-0.15, -0.1) is 0 Å². The quantitative estimate of drug-likeness (QED) is 0.803. The Morgan fingerprint density at radius 1 is 1.18 bits per heavy atom. The number of nitrogens with zero attached hydrogens (tertiary/aromatic N) is 1. The van der Waals surface area contributed by atoms with E-state index in [1.54, 1.807) is 19.4 Å². The molecule has 0 N–H and O–H groups in total. The first-order chi connectivity index (χ1) is 10.5. The largest absolute Gasteiger partial charge is 0.497 e. The van der Waals surface area contributed by atoms with Crippen LogP contribution in [0.5, 0.6) is 5.75 Å². The van der Waals surface area contributed by atoms with Gasteiger partial charge in [-0.1, -0.05) is 49.1 Å². The van der Waals surface area contributed by atoms with E-state index in [1.165, 1.54) is 0 Å². The topological polar surface area (TPSA) is 38.7 Å². The van der Waals surface area contributed by atoms with E-state index in [2.05, 4.69) is 10.9 Å². The molecule has 2 rings (SSSR count). The van der Waals surface area contributed by atoms with Crippen LogP contribution in [0.3, 0.4) is 0 Å². The average molecular weight is 315 g/mol. The van der Waals surface area contributed by atoms with Crippen LogP contribution in [0.25, 0.3) is 6.08 Å². The van der Waals surface area contributed by atoms with Gasteiger partial charge in [-0.2, -0.15) is 0 Å². The molecule has 1 atom stereocenters. The molecule has 0 spiro atoms. The lowest BCUT2D eigenvalue weighted by Crippen LogP contribution is -2.02. The minimum atomic E-state index is -2.26. The number of hydrogen-bond acceptors (Lipinski definition) is 3. The van der Waals surface area contributed by atoms with Crippen LogP contribution in [0.1, 0.15) is 16.7 Å². The lowest BCUT2D eigenvalue weighted by atomic mass is 10.1. The summed E-state index contributed by atoms with van der Waals surface area (Å²) < 4.78 is 22.1. The van der Waals surface area contributed by atoms with Crippen molar-refractivity contribution in [2.24, 2.45) is 4.36 Å². The third-order valence-corrected chi connectivity index (χ3v) is 4.84. The van der Waals surface area contributed by atoms with Gasteiger partial charge in [0.1, 0.15) is 5.75 Å². The Hall–Kier alpha value is -2.07. The van der Waals surface area contributed by atoms with Crippen LogP contribution >= 0.6 is 0 Å². The van der Waals surface area contributed by atoms with Crippen LogP contribution in [-0.2, 0) is 22.0 Å². The minimum absolute atomic E-state index is 0.445. The molecule has 22 heavy (non-hydrogen) atoms. The van der Waals surface area contributed by atoms with E-state index in [-0.39, 0.29) is 0 Å². The number of rotatable bonds is 6. The van der Waals surface area contributed by atoms with E-state index in [0.29, 0.717) is 12.3 Å². The van der Waals surface area contributed by atoms with Crippen molar-refractivity contribution in [3.8, 4) is 5.75 Å². The van der Waals surface area contributed by atoms with Gasteiger partial charge >= 0.3 is 0 Å². The lowest BCUT2D eigenvalue weighted by molar-refractivity contribution is 0.414. The lowest BCUT2D eigenvalue weighted by Gasteiger charge is -2.06. The van der Waals surface area contributed by atoms with E-state index in [0.717, 1.165) is 22.4 Å². The van der Waals surface area contributed by atoms with Gasteiger partial charge in [0.05, 0.1) is 19.4 Å². The fourth-order valence-corrected chi connectivity index (χ4v) is 3.42. The van der Waals surface area contributed by atoms with E-state index < -0.39 is 9.73 Å². The number of benzene rings is 2. The van der Waals surface area contributed by atoms with Crippen molar-refractivity contribution < 1.29 is 8.95 Å². The first-order valence-corrected chi connectivity index (χ1v) is 9.11. The predicted molar refractivity (Wildman–Crippen MR) is 93.4 cm³/mol. The first kappa shape index (κ1) is 16.3. The highest BCUT2D eigenvalue weighted by Crippen LogP contribution is 2.14. The Morgan fingerprint density at radius 2 is 1.91 bits per heavy atom. The molecule has 0 saturated carbocycles. The van der Waals surface area contributed by atoms with E-state index in [4.69, 9.17) is 4.74 Å². The third kappa shape index (κ3) is 4.74. The van der Waals surface area contributed by atoms with Crippen molar-refractivity contribution in [1.29, 1.82) is 0 Å². The average Bonchev–Trinajstić information content (AvgIpc) is 2.53. The molecule has 0 amide bonds. The van der Waals surface area contributed by atoms with E-state index >= 15 is 0 Å². The van der Waals surface area contributed by atoms with Crippen molar-refractivity contribution in [1.82, 2.24) is 0 Å². The molecule has 0 aliphatic rings. The molecule has 116 valence electrons. The molecular weight excluding hydrogens is 294 g/mol. The maximum atomic E-state index is 12.6. The Balaban J connectivity index is 2.10. The van der Waals surface area contributed by atoms with Crippen LogP contribution in [0.4, 0.5) is 0 Å². The van der Waals surface area contributed by atoms with Gasteiger partial charge in [0, 0.05) is 16.0 Å². The molecule has 2 aromatic carbocycles. The van der Waals surface area contributed by atoms with Gasteiger partial charge in [-0.25, -0.2) is 8.57 Å². The molecule has 2 aromatic rings. The zero-order valence-electron chi connectivity index (χ0n) is 13.0. The summed E-state index contributed by atoms with van der Waals surface area (Å²) >= 11 is 0. The molecule has 0 fully saturated rings. The molecule has 1 unspecified atom stereocenters. The summed E-state index contributed by atoms with van der Waals surface area (Å²) in [5, 5.41) is 0. The second-order valence-corrected chi connectivity index (χ2v) is 7.65. The summed E-state index contributed by atoms with van der Waals surface area (Å²) in [6.45, 7) is 4.20. The Labute approximate surface area is 132 Å². The SMILES string of the molecule is C=Cc1cccc(CS(C)(=O)=NCc2ccc(OC)cc2)c1. The van der Waals surface area contributed by atoms with Gasteiger partial charge in [0.15, 0.2) is 0 Å². The highest BCUT2D eigenvalue weighted by molar-refractivity contribution is 7.92. The number of hydrogen-bond donors (Lipinski definition) is 0. The van der Waals surface area contributed by atoms with Crippen molar-refractivity contribution in [3.05, 3.63) is 71.8 Å². The van der Waals surface area contributed by atoms with Crippen molar-refractivity contribution >= 4 is 15.8 Å². The maximum absolute atomic E-state index is 12.6. The van der Waals surface area contributed by atoms with Crippen LogP contribution in [0.15, 0.2) is 59.5 Å². The summed E-state index contributed by atoms with van der Waals surface area (Å²) in [4.78, 5) is 0. The summed E-state index contributed by atoms with van der Waals surface area (Å²) in [7, 11) is -0.630. The molecule has 0 heterocycles. The zero-order valence-corrected chi connectivity index (χ0v) is 13.8. The van der Waals surface area contributed by atoms with Crippen LogP contribution < -0.4 is 4.74 Å². The Morgan fingerprint density at radius 3 is 2.55 bits per heavy atom. The van der Waals surface area contributed by atoms with Crippen molar-refractivity contribution in [2.75, 3.05) is 13.4 Å². The van der Waals surface area contributed by atoms with Gasteiger partial charge in [0.25, 0.3) is 0 Å². The maximum Gasteiger partial charge on any atom is 0.118 e. The Bertz CT molecular complexity index is 757. The molecule has 4 heteroatoms. The fraction of sp³-hybridized carbons (Fsp3) is 0.222. The summed E-state index contributed by atoms with van der Waals surface area (Å²) in [5.74, 6) is 1.26. The molecule has 0 aromatic heterocycles. The molecule has 0 saturated heterocycles. The van der Waals surface area contributed by atoms with E-state index in [1.807, 2.05) is 48.5 Å². The first-order valence-electron chi connectivity index (χ1n) is 7.02. The second-order valence-electron chi connectivity index (χ2n) is 5.19. The second kappa shape index (κ2) is 7.27. The third-order valence-electron chi connectivity index (χ3n) is 3.30. The van der Waals surface area contributed by atoms with Crippen molar-refractivity contribution in [2.45, 2.75) is 12.3 Å². The van der Waals surface area contributed by atoms with Crippen LogP contribution in [0.2, 0.25) is 0 Å². The monoisotopic (exact) mass is 315 g/mol. The van der Waals surface area contributed by atoms with Gasteiger partial charge in [-0.05, 0) is 28.8 Å². The normalized spacial score (nSPS) is 13.2. The standard InChI is InChI=1S/C18H21NO2S/c1-4-15-6-5-7-17(12-15)14-22(3,20)19-13-16-8-10-18(21-2)11-9-16/h4-12H,1,13-14H2,2-3H3. The summed E-state index contributed by atoms with van der Waals surface area (Å²) in [5.41, 5.74) is 3.07. The van der Waals surface area contributed by atoms with Gasteiger partial charge in [-0.3, -0.25) is 0 Å². The molecule has 3 nitrogen and oxygen atoms in total. The highest BCUT2D eigenvalue weighted by Gasteiger charge is 2.04. The Kier molecular flexibility index (Phi) is 5.39. The number of methoxy groups -OCH3 is 1. The fourth-order valence-electron chi connectivity index (χ4n) is 2.11. The summed E-state index contributed by atoms with van der Waals surface area (Å²) in [6, 6.07) is 15.5.